The van der Waals surface area contributed by atoms with Crippen LogP contribution in [0.1, 0.15) is 59.0 Å². The molecular formula is C27H24F6N4O2S. The van der Waals surface area contributed by atoms with Crippen LogP contribution < -0.4 is 10.8 Å². The Morgan fingerprint density at radius 1 is 1.07 bits per heavy atom. The number of benzene rings is 2. The van der Waals surface area contributed by atoms with Gasteiger partial charge in [0.25, 0.3) is 12.9 Å². The van der Waals surface area contributed by atoms with Gasteiger partial charge in [-0.15, -0.1) is 11.3 Å². The van der Waals surface area contributed by atoms with Gasteiger partial charge in [-0.3, -0.25) is 10.3 Å². The number of thiazole rings is 1. The predicted molar refractivity (Wildman–Crippen MR) is 137 cm³/mol. The summed E-state index contributed by atoms with van der Waals surface area (Å²) in [6.45, 7) is 0.582. The maximum absolute atomic E-state index is 14.9. The summed E-state index contributed by atoms with van der Waals surface area (Å²) in [7, 11) is 0. The molecule has 3 heterocycles. The highest BCUT2D eigenvalue weighted by atomic mass is 32.1. The van der Waals surface area contributed by atoms with E-state index in [0.717, 1.165) is 23.2 Å². The van der Waals surface area contributed by atoms with Crippen molar-refractivity contribution in [3.05, 3.63) is 87.4 Å². The van der Waals surface area contributed by atoms with Crippen molar-refractivity contribution in [3.8, 4) is 0 Å². The number of nitrogens with one attached hydrogen (secondary N) is 2. The Labute approximate surface area is 229 Å². The lowest BCUT2D eigenvalue weighted by atomic mass is 9.98. The quantitative estimate of drug-likeness (QED) is 0.284. The summed E-state index contributed by atoms with van der Waals surface area (Å²) in [6.07, 6.45) is -4.97. The number of nitrogens with zero attached hydrogens (tertiary/aromatic N) is 2. The van der Waals surface area contributed by atoms with Crippen molar-refractivity contribution in [1.82, 2.24) is 15.4 Å². The van der Waals surface area contributed by atoms with E-state index in [4.69, 9.17) is 4.84 Å². The van der Waals surface area contributed by atoms with E-state index in [0.29, 0.717) is 37.3 Å². The molecule has 1 aromatic heterocycles. The summed E-state index contributed by atoms with van der Waals surface area (Å²) in [6, 6.07) is 9.39. The smallest absolute Gasteiger partial charge is 0.321 e. The number of piperidine rings is 1. The average Bonchev–Trinajstić information content (AvgIpc) is 3.64. The van der Waals surface area contributed by atoms with Crippen LogP contribution >= 0.6 is 11.3 Å². The highest BCUT2D eigenvalue weighted by Gasteiger charge is 2.44. The molecule has 2 amide bonds. The van der Waals surface area contributed by atoms with Gasteiger partial charge in [-0.25, -0.2) is 27.3 Å². The van der Waals surface area contributed by atoms with Crippen molar-refractivity contribution in [2.75, 3.05) is 18.4 Å². The average molecular weight is 583 g/mol. The Balaban J connectivity index is 1.20. The minimum atomic E-state index is -3.25. The summed E-state index contributed by atoms with van der Waals surface area (Å²) >= 11 is 1.36. The third-order valence-corrected chi connectivity index (χ3v) is 7.87. The van der Waals surface area contributed by atoms with Crippen molar-refractivity contribution in [2.24, 2.45) is 0 Å². The van der Waals surface area contributed by atoms with Crippen LogP contribution in [0.15, 0.2) is 60.0 Å². The SMILES string of the molecule is O=C(Nc1cc(C(F)F)ccc1C(F)F)N1CCC(c2nc(C3=CC(C(F)(F)c4ccccc4)ON3)cs2)CC1. The number of carbonyl (C=O) groups excluding carboxylic acids is 1. The molecule has 0 radical (unpaired) electrons. The van der Waals surface area contributed by atoms with Crippen molar-refractivity contribution in [3.63, 3.8) is 0 Å². The molecule has 5 rings (SSSR count). The molecule has 212 valence electrons. The highest BCUT2D eigenvalue weighted by Crippen LogP contribution is 2.38. The lowest BCUT2D eigenvalue weighted by molar-refractivity contribution is -0.131. The summed E-state index contributed by atoms with van der Waals surface area (Å²) in [5, 5.41) is 4.85. The van der Waals surface area contributed by atoms with Gasteiger partial charge in [-0.1, -0.05) is 42.5 Å². The number of amides is 2. The maximum atomic E-state index is 14.9. The Morgan fingerprint density at radius 2 is 1.80 bits per heavy atom. The van der Waals surface area contributed by atoms with Crippen molar-refractivity contribution >= 4 is 28.8 Å². The first kappa shape index (κ1) is 28.0. The third kappa shape index (κ3) is 5.80. The number of alkyl halides is 6. The molecule has 40 heavy (non-hydrogen) atoms. The number of anilines is 1. The number of rotatable bonds is 7. The van der Waals surface area contributed by atoms with E-state index in [1.165, 1.54) is 46.6 Å². The topological polar surface area (TPSA) is 66.5 Å². The van der Waals surface area contributed by atoms with Crippen LogP contribution in [0.25, 0.3) is 5.70 Å². The normalized spacial score (nSPS) is 18.2. The molecule has 13 heteroatoms. The summed E-state index contributed by atoms with van der Waals surface area (Å²) < 4.78 is 82.5. The molecule has 1 atom stereocenters. The molecule has 1 unspecified atom stereocenters. The van der Waals surface area contributed by atoms with Crippen molar-refractivity contribution in [2.45, 2.75) is 43.6 Å². The van der Waals surface area contributed by atoms with E-state index in [1.54, 1.807) is 11.4 Å². The molecular weight excluding hydrogens is 558 g/mol. The molecule has 2 N–H and O–H groups in total. The fraction of sp³-hybridized carbons (Fsp3) is 0.333. The van der Waals surface area contributed by atoms with Crippen molar-refractivity contribution < 1.29 is 36.0 Å². The summed E-state index contributed by atoms with van der Waals surface area (Å²) in [5.41, 5.74) is 1.83. The third-order valence-electron chi connectivity index (χ3n) is 6.87. The van der Waals surface area contributed by atoms with Crippen LogP contribution in [0.3, 0.4) is 0 Å². The predicted octanol–water partition coefficient (Wildman–Crippen LogP) is 7.47. The zero-order valence-electron chi connectivity index (χ0n) is 20.8. The fourth-order valence-corrected chi connectivity index (χ4v) is 5.61. The van der Waals surface area contributed by atoms with E-state index in [9.17, 15) is 31.1 Å². The molecule has 2 aliphatic rings. The lowest BCUT2D eigenvalue weighted by Crippen LogP contribution is -2.40. The number of halogens is 6. The first-order valence-corrected chi connectivity index (χ1v) is 13.3. The number of carbonyl (C=O) groups is 1. The molecule has 6 nitrogen and oxygen atoms in total. The van der Waals surface area contributed by atoms with E-state index < -0.39 is 42.0 Å². The Hall–Kier alpha value is -3.58. The summed E-state index contributed by atoms with van der Waals surface area (Å²) in [5.74, 6) is -3.26. The second-order valence-electron chi connectivity index (χ2n) is 9.42. The maximum Gasteiger partial charge on any atom is 0.321 e. The molecule has 3 aromatic rings. The van der Waals surface area contributed by atoms with Gasteiger partial charge in [-0.2, -0.15) is 8.78 Å². The van der Waals surface area contributed by atoms with Crippen LogP contribution in [0.4, 0.5) is 36.8 Å². The molecule has 2 aromatic carbocycles. The molecule has 0 spiro atoms. The van der Waals surface area contributed by atoms with E-state index in [2.05, 4.69) is 15.8 Å². The van der Waals surface area contributed by atoms with Gasteiger partial charge in [0.05, 0.1) is 22.1 Å². The Bertz CT molecular complexity index is 1380. The van der Waals surface area contributed by atoms with Crippen LogP contribution in [0.2, 0.25) is 0 Å². The van der Waals surface area contributed by atoms with E-state index in [-0.39, 0.29) is 17.2 Å². The van der Waals surface area contributed by atoms with Gasteiger partial charge >= 0.3 is 12.0 Å². The minimum Gasteiger partial charge on any atom is -0.324 e. The van der Waals surface area contributed by atoms with Gasteiger partial charge < -0.3 is 10.2 Å². The number of aromatic nitrogens is 1. The zero-order chi connectivity index (χ0) is 28.4. The zero-order valence-corrected chi connectivity index (χ0v) is 21.6. The standard InChI is InChI=1S/C27H24F6N4O2S/c28-23(29)16-6-7-18(24(30)31)19(12-16)35-26(38)37-10-8-15(9-11-37)25-34-21(14-40-25)20-13-22(39-36-20)27(32,33)17-4-2-1-3-5-17/h1-7,12-15,22-24,36H,8-11H2,(H,35,38). The molecule has 1 fully saturated rings. The van der Waals surface area contributed by atoms with E-state index in [1.807, 2.05) is 0 Å². The van der Waals surface area contributed by atoms with Crippen LogP contribution in [-0.2, 0) is 10.8 Å². The second kappa shape index (κ2) is 11.5. The Kier molecular flexibility index (Phi) is 8.04. The molecule has 0 bridgehead atoms. The molecule has 2 aliphatic heterocycles. The first-order chi connectivity index (χ1) is 19.1. The van der Waals surface area contributed by atoms with E-state index >= 15 is 0 Å². The van der Waals surface area contributed by atoms with Gasteiger partial charge in [0.1, 0.15) is 0 Å². The summed E-state index contributed by atoms with van der Waals surface area (Å²) in [4.78, 5) is 23.9. The molecule has 0 aliphatic carbocycles. The lowest BCUT2D eigenvalue weighted by Gasteiger charge is -2.31. The Morgan fingerprint density at radius 3 is 2.48 bits per heavy atom. The molecule has 1 saturated heterocycles. The fourth-order valence-electron chi connectivity index (χ4n) is 4.62. The van der Waals surface area contributed by atoms with Crippen LogP contribution in [-0.4, -0.2) is 35.1 Å². The number of hydrogen-bond acceptors (Lipinski definition) is 5. The number of hydroxylamine groups is 1. The highest BCUT2D eigenvalue weighted by molar-refractivity contribution is 7.09. The van der Waals surface area contributed by atoms with Crippen LogP contribution in [0.5, 0.6) is 0 Å². The van der Waals surface area contributed by atoms with Crippen LogP contribution in [0, 0.1) is 0 Å². The number of likely N-dealkylation sites (tertiary alicyclic amines) is 1. The monoisotopic (exact) mass is 582 g/mol. The molecule has 0 saturated carbocycles. The number of urea groups is 1. The largest absolute Gasteiger partial charge is 0.324 e. The second-order valence-corrected chi connectivity index (χ2v) is 10.3. The van der Waals surface area contributed by atoms with Gasteiger partial charge in [0.2, 0.25) is 0 Å². The van der Waals surface area contributed by atoms with Gasteiger partial charge in [-0.05, 0) is 25.0 Å². The first-order valence-electron chi connectivity index (χ1n) is 12.4. The number of hydrogen-bond donors (Lipinski definition) is 2. The van der Waals surface area contributed by atoms with Crippen molar-refractivity contribution in [1.29, 1.82) is 0 Å². The van der Waals surface area contributed by atoms with Gasteiger partial charge in [0.15, 0.2) is 6.10 Å². The van der Waals surface area contributed by atoms with Gasteiger partial charge in [0, 0.05) is 41.1 Å². The minimum absolute atomic E-state index is 0.00827.